The number of fused-ring (bicyclic) bond motifs is 1. The number of benzene rings is 1. The van der Waals surface area contributed by atoms with E-state index in [9.17, 15) is 4.79 Å². The summed E-state index contributed by atoms with van der Waals surface area (Å²) in [5.41, 5.74) is 4.70. The number of carbonyl (C=O) groups is 1. The number of nitrogens with one attached hydrogen (secondary N) is 1. The molecule has 1 aliphatic rings. The molecule has 3 aromatic rings. The number of carbonyl (C=O) groups excluding carboxylic acids is 1. The van der Waals surface area contributed by atoms with Crippen LogP contribution >= 0.6 is 0 Å². The molecule has 1 amide bonds. The van der Waals surface area contributed by atoms with Gasteiger partial charge in [0, 0.05) is 19.3 Å². The molecular formula is C20H20N4O. The zero-order chi connectivity index (χ0) is 17.2. The van der Waals surface area contributed by atoms with Crippen molar-refractivity contribution in [2.24, 2.45) is 0 Å². The van der Waals surface area contributed by atoms with Gasteiger partial charge in [0.15, 0.2) is 5.65 Å². The number of nitrogens with zero attached hydrogens (tertiary/aromatic N) is 3. The van der Waals surface area contributed by atoms with Crippen LogP contribution in [0.2, 0.25) is 0 Å². The SMILES string of the molecule is Cc1nc2ncc(C(=O)N3CCC(=Cc4ccccc4)CC3)cc2[nH]1. The van der Waals surface area contributed by atoms with E-state index in [2.05, 4.69) is 33.2 Å². The number of piperidine rings is 1. The number of likely N-dealkylation sites (tertiary alicyclic amines) is 1. The van der Waals surface area contributed by atoms with Gasteiger partial charge in [-0.1, -0.05) is 42.0 Å². The predicted octanol–water partition coefficient (Wildman–Crippen LogP) is 3.59. The monoisotopic (exact) mass is 332 g/mol. The second kappa shape index (κ2) is 6.51. The van der Waals surface area contributed by atoms with Crippen LogP contribution < -0.4 is 0 Å². The van der Waals surface area contributed by atoms with E-state index in [-0.39, 0.29) is 5.91 Å². The molecule has 25 heavy (non-hydrogen) atoms. The van der Waals surface area contributed by atoms with E-state index in [1.807, 2.05) is 36.1 Å². The molecule has 1 fully saturated rings. The lowest BCUT2D eigenvalue weighted by molar-refractivity contribution is 0.0744. The van der Waals surface area contributed by atoms with E-state index in [1.54, 1.807) is 6.20 Å². The van der Waals surface area contributed by atoms with Crippen molar-refractivity contribution in [2.45, 2.75) is 19.8 Å². The van der Waals surface area contributed by atoms with Crippen molar-refractivity contribution in [3.8, 4) is 0 Å². The Balaban J connectivity index is 1.46. The molecule has 2 aromatic heterocycles. The van der Waals surface area contributed by atoms with Gasteiger partial charge in [0.2, 0.25) is 0 Å². The highest BCUT2D eigenvalue weighted by Gasteiger charge is 2.21. The van der Waals surface area contributed by atoms with E-state index in [1.165, 1.54) is 11.1 Å². The highest BCUT2D eigenvalue weighted by molar-refractivity contribution is 5.96. The molecule has 0 saturated carbocycles. The number of aryl methyl sites for hydroxylation is 1. The van der Waals surface area contributed by atoms with Gasteiger partial charge < -0.3 is 9.88 Å². The number of aromatic amines is 1. The van der Waals surface area contributed by atoms with Crippen molar-refractivity contribution in [1.82, 2.24) is 19.9 Å². The lowest BCUT2D eigenvalue weighted by atomic mass is 10.0. The molecule has 1 saturated heterocycles. The molecule has 1 aromatic carbocycles. The molecule has 1 N–H and O–H groups in total. The summed E-state index contributed by atoms with van der Waals surface area (Å²) in [7, 11) is 0. The Hall–Kier alpha value is -2.95. The average molecular weight is 332 g/mol. The van der Waals surface area contributed by atoms with Crippen molar-refractivity contribution in [1.29, 1.82) is 0 Å². The van der Waals surface area contributed by atoms with Crippen LogP contribution in [-0.2, 0) is 0 Å². The van der Waals surface area contributed by atoms with Gasteiger partial charge in [0.05, 0.1) is 11.1 Å². The summed E-state index contributed by atoms with van der Waals surface area (Å²) in [6.07, 6.45) is 5.70. The van der Waals surface area contributed by atoms with Gasteiger partial charge in [-0.15, -0.1) is 0 Å². The molecule has 0 unspecified atom stereocenters. The maximum absolute atomic E-state index is 12.7. The summed E-state index contributed by atoms with van der Waals surface area (Å²) in [6, 6.07) is 12.2. The molecule has 5 nitrogen and oxygen atoms in total. The Labute approximate surface area is 146 Å². The van der Waals surface area contributed by atoms with Gasteiger partial charge in [-0.25, -0.2) is 9.97 Å². The Morgan fingerprint density at radius 1 is 1.20 bits per heavy atom. The molecule has 5 heteroatoms. The number of hydrogen-bond acceptors (Lipinski definition) is 3. The minimum Gasteiger partial charge on any atom is -0.341 e. The fraction of sp³-hybridized carbons (Fsp3) is 0.250. The van der Waals surface area contributed by atoms with Crippen LogP contribution in [0, 0.1) is 6.92 Å². The largest absolute Gasteiger partial charge is 0.341 e. The van der Waals surface area contributed by atoms with Crippen LogP contribution in [0.15, 0.2) is 48.2 Å². The maximum Gasteiger partial charge on any atom is 0.255 e. The zero-order valence-corrected chi connectivity index (χ0v) is 14.2. The van der Waals surface area contributed by atoms with Crippen LogP contribution in [0.3, 0.4) is 0 Å². The summed E-state index contributed by atoms with van der Waals surface area (Å²) >= 11 is 0. The smallest absolute Gasteiger partial charge is 0.255 e. The van der Waals surface area contributed by atoms with E-state index in [0.717, 1.165) is 37.3 Å². The molecular weight excluding hydrogens is 312 g/mol. The minimum absolute atomic E-state index is 0.0421. The molecule has 0 atom stereocenters. The summed E-state index contributed by atoms with van der Waals surface area (Å²) < 4.78 is 0. The third kappa shape index (κ3) is 3.31. The van der Waals surface area contributed by atoms with Crippen LogP contribution in [0.5, 0.6) is 0 Å². The normalized spacial score (nSPS) is 14.8. The molecule has 126 valence electrons. The average Bonchev–Trinajstić information content (AvgIpc) is 3.02. The van der Waals surface area contributed by atoms with Crippen molar-refractivity contribution >= 4 is 23.1 Å². The van der Waals surface area contributed by atoms with E-state index >= 15 is 0 Å². The number of H-pyrrole nitrogens is 1. The summed E-state index contributed by atoms with van der Waals surface area (Å²) in [5.74, 6) is 0.848. The van der Waals surface area contributed by atoms with Gasteiger partial charge in [0.25, 0.3) is 5.91 Å². The Bertz CT molecular complexity index is 933. The Morgan fingerprint density at radius 2 is 1.96 bits per heavy atom. The number of amides is 1. The van der Waals surface area contributed by atoms with Crippen LogP contribution in [0.1, 0.15) is 34.6 Å². The maximum atomic E-state index is 12.7. The summed E-state index contributed by atoms with van der Waals surface area (Å²) in [6.45, 7) is 3.38. The van der Waals surface area contributed by atoms with Gasteiger partial charge >= 0.3 is 0 Å². The van der Waals surface area contributed by atoms with Crippen molar-refractivity contribution in [2.75, 3.05) is 13.1 Å². The van der Waals surface area contributed by atoms with Crippen molar-refractivity contribution in [3.63, 3.8) is 0 Å². The van der Waals surface area contributed by atoms with E-state index in [4.69, 9.17) is 0 Å². The number of imidazole rings is 1. The van der Waals surface area contributed by atoms with Crippen LogP contribution in [0.25, 0.3) is 17.2 Å². The zero-order valence-electron chi connectivity index (χ0n) is 14.2. The van der Waals surface area contributed by atoms with E-state index in [0.29, 0.717) is 11.2 Å². The minimum atomic E-state index is 0.0421. The highest BCUT2D eigenvalue weighted by Crippen LogP contribution is 2.21. The second-order valence-corrected chi connectivity index (χ2v) is 6.42. The lowest BCUT2D eigenvalue weighted by Gasteiger charge is -2.28. The topological polar surface area (TPSA) is 61.9 Å². The fourth-order valence-electron chi connectivity index (χ4n) is 3.25. The lowest BCUT2D eigenvalue weighted by Crippen LogP contribution is -2.36. The third-order valence-corrected chi connectivity index (χ3v) is 4.57. The van der Waals surface area contributed by atoms with Gasteiger partial charge in [0.1, 0.15) is 5.82 Å². The van der Waals surface area contributed by atoms with Gasteiger partial charge in [-0.3, -0.25) is 4.79 Å². The van der Waals surface area contributed by atoms with E-state index < -0.39 is 0 Å². The first-order valence-electron chi connectivity index (χ1n) is 8.55. The predicted molar refractivity (Wildman–Crippen MR) is 98.2 cm³/mol. The van der Waals surface area contributed by atoms with Crippen LogP contribution in [-0.4, -0.2) is 38.8 Å². The standard InChI is InChI=1S/C20H20N4O/c1-14-22-18-12-17(13-21-19(18)23-14)20(25)24-9-7-16(8-10-24)11-15-5-3-2-4-6-15/h2-6,11-13H,7-10H2,1H3,(H,21,22,23). The molecule has 1 aliphatic heterocycles. The Kier molecular flexibility index (Phi) is 4.06. The number of rotatable bonds is 2. The first-order valence-corrected chi connectivity index (χ1v) is 8.55. The molecule has 0 bridgehead atoms. The van der Waals surface area contributed by atoms with Crippen molar-refractivity contribution in [3.05, 3.63) is 65.1 Å². The summed E-state index contributed by atoms with van der Waals surface area (Å²) in [4.78, 5) is 26.4. The number of hydrogen-bond donors (Lipinski definition) is 1. The highest BCUT2D eigenvalue weighted by atomic mass is 16.2. The van der Waals surface area contributed by atoms with Crippen molar-refractivity contribution < 1.29 is 4.79 Å². The second-order valence-electron chi connectivity index (χ2n) is 6.42. The molecule has 0 aliphatic carbocycles. The van der Waals surface area contributed by atoms with Gasteiger partial charge in [-0.05, 0) is 31.4 Å². The molecule has 0 spiro atoms. The van der Waals surface area contributed by atoms with Gasteiger partial charge in [-0.2, -0.15) is 0 Å². The fourth-order valence-corrected chi connectivity index (χ4v) is 3.25. The first-order chi connectivity index (χ1) is 12.2. The number of aromatic nitrogens is 3. The summed E-state index contributed by atoms with van der Waals surface area (Å²) in [5, 5.41) is 0. The third-order valence-electron chi connectivity index (χ3n) is 4.57. The molecule has 4 rings (SSSR count). The van der Waals surface area contributed by atoms with Crippen LogP contribution in [0.4, 0.5) is 0 Å². The molecule has 3 heterocycles. The molecule has 0 radical (unpaired) electrons. The first kappa shape index (κ1) is 15.6. The Morgan fingerprint density at radius 3 is 2.72 bits per heavy atom. The quantitative estimate of drug-likeness (QED) is 0.780. The number of pyridine rings is 1.